The minimum atomic E-state index is 0.0847. The Morgan fingerprint density at radius 2 is 1.78 bits per heavy atom. The summed E-state index contributed by atoms with van der Waals surface area (Å²) in [7, 11) is 2.08. The molecule has 0 radical (unpaired) electrons. The largest absolute Gasteiger partial charge is 0.338 e. The van der Waals surface area contributed by atoms with Crippen molar-refractivity contribution < 1.29 is 4.52 Å². The highest BCUT2D eigenvalue weighted by Gasteiger charge is 2.19. The second-order valence-electron chi connectivity index (χ2n) is 6.42. The lowest BCUT2D eigenvalue weighted by atomic mass is 10.1. The van der Waals surface area contributed by atoms with Crippen molar-refractivity contribution in [1.82, 2.24) is 15.0 Å². The van der Waals surface area contributed by atoms with E-state index >= 15 is 0 Å². The fraction of sp³-hybridized carbons (Fsp3) is 0.368. The molecule has 4 heteroatoms. The van der Waals surface area contributed by atoms with Crippen molar-refractivity contribution in [2.24, 2.45) is 0 Å². The molecule has 3 aromatic rings. The monoisotopic (exact) mass is 309 g/mol. The quantitative estimate of drug-likeness (QED) is 0.694. The Morgan fingerprint density at radius 3 is 2.48 bits per heavy atom. The van der Waals surface area contributed by atoms with Crippen molar-refractivity contribution in [3.05, 3.63) is 59.7 Å². The van der Waals surface area contributed by atoms with Gasteiger partial charge in [-0.2, -0.15) is 4.98 Å². The van der Waals surface area contributed by atoms with Crippen molar-refractivity contribution in [1.29, 1.82) is 0 Å². The van der Waals surface area contributed by atoms with E-state index in [-0.39, 0.29) is 12.0 Å². The zero-order valence-electron chi connectivity index (χ0n) is 14.2. The molecule has 1 atom stereocenters. The molecule has 1 aromatic heterocycles. The number of hydrogen-bond donors (Lipinski definition) is 0. The highest BCUT2D eigenvalue weighted by molar-refractivity contribution is 5.82. The van der Waals surface area contributed by atoms with Crippen LogP contribution in [0.4, 0.5) is 0 Å². The average Bonchev–Trinajstić information content (AvgIpc) is 3.04. The van der Waals surface area contributed by atoms with Gasteiger partial charge in [0, 0.05) is 12.5 Å². The van der Waals surface area contributed by atoms with E-state index < -0.39 is 0 Å². The smallest absolute Gasteiger partial charge is 0.243 e. The van der Waals surface area contributed by atoms with Gasteiger partial charge in [0.15, 0.2) is 5.82 Å². The van der Waals surface area contributed by atoms with Gasteiger partial charge in [-0.05, 0) is 36.4 Å². The maximum absolute atomic E-state index is 5.41. The van der Waals surface area contributed by atoms with Crippen LogP contribution in [-0.4, -0.2) is 22.1 Å². The number of aromatic nitrogens is 2. The van der Waals surface area contributed by atoms with Crippen LogP contribution in [0, 0.1) is 0 Å². The van der Waals surface area contributed by atoms with Gasteiger partial charge in [0.05, 0.1) is 6.04 Å². The van der Waals surface area contributed by atoms with Gasteiger partial charge in [0.25, 0.3) is 0 Å². The maximum atomic E-state index is 5.41. The summed E-state index contributed by atoms with van der Waals surface area (Å²) in [5.74, 6) is 1.73. The molecule has 0 unspecified atom stereocenters. The number of fused-ring (bicyclic) bond motifs is 1. The third kappa shape index (κ3) is 3.42. The second-order valence-corrected chi connectivity index (χ2v) is 6.42. The number of hydrogen-bond acceptors (Lipinski definition) is 4. The van der Waals surface area contributed by atoms with E-state index in [9.17, 15) is 0 Å². The molecule has 0 N–H and O–H groups in total. The molecular formula is C19H23N3O. The molecular weight excluding hydrogens is 286 g/mol. The molecule has 23 heavy (non-hydrogen) atoms. The van der Waals surface area contributed by atoms with Gasteiger partial charge in [-0.3, -0.25) is 4.90 Å². The lowest BCUT2D eigenvalue weighted by molar-refractivity contribution is 0.202. The van der Waals surface area contributed by atoms with Crippen molar-refractivity contribution >= 4 is 10.8 Å². The van der Waals surface area contributed by atoms with Gasteiger partial charge in [-0.1, -0.05) is 55.4 Å². The molecule has 0 saturated heterocycles. The highest BCUT2D eigenvalue weighted by Crippen LogP contribution is 2.22. The maximum Gasteiger partial charge on any atom is 0.243 e. The fourth-order valence-corrected chi connectivity index (χ4v) is 2.60. The Bertz CT molecular complexity index is 794. The first-order valence-electron chi connectivity index (χ1n) is 8.06. The topological polar surface area (TPSA) is 42.2 Å². The van der Waals surface area contributed by atoms with Gasteiger partial charge >= 0.3 is 0 Å². The Morgan fingerprint density at radius 1 is 1.04 bits per heavy atom. The number of rotatable bonds is 5. The Balaban J connectivity index is 1.74. The summed E-state index contributed by atoms with van der Waals surface area (Å²) in [5, 5.41) is 6.59. The van der Waals surface area contributed by atoms with E-state index in [1.807, 2.05) is 0 Å². The molecule has 0 bridgehead atoms. The van der Waals surface area contributed by atoms with Crippen LogP contribution in [0.15, 0.2) is 47.0 Å². The van der Waals surface area contributed by atoms with Crippen LogP contribution in [0.2, 0.25) is 0 Å². The van der Waals surface area contributed by atoms with E-state index in [0.29, 0.717) is 5.89 Å². The van der Waals surface area contributed by atoms with Crippen LogP contribution in [0.5, 0.6) is 0 Å². The number of benzene rings is 2. The summed E-state index contributed by atoms with van der Waals surface area (Å²) in [6, 6.07) is 15.1. The van der Waals surface area contributed by atoms with Crippen LogP contribution in [0.3, 0.4) is 0 Å². The van der Waals surface area contributed by atoms with Crippen molar-refractivity contribution in [2.75, 3.05) is 7.05 Å². The molecule has 0 aliphatic heterocycles. The van der Waals surface area contributed by atoms with Crippen LogP contribution >= 0.6 is 0 Å². The molecule has 1 heterocycles. The predicted octanol–water partition coefficient (Wildman–Crippen LogP) is 4.54. The van der Waals surface area contributed by atoms with Crippen molar-refractivity contribution in [2.45, 2.75) is 39.3 Å². The van der Waals surface area contributed by atoms with Crippen molar-refractivity contribution in [3.8, 4) is 0 Å². The second kappa shape index (κ2) is 6.50. The molecule has 3 rings (SSSR count). The lowest BCUT2D eigenvalue weighted by Gasteiger charge is -2.21. The molecule has 0 aliphatic carbocycles. The standard InChI is InChI=1S/C19H23N3O/c1-13(2)18-20-19(23-21-18)14(3)22(4)12-15-9-10-16-7-5-6-8-17(16)11-15/h5-11,13-14H,12H2,1-4H3/t14-/m0/s1. The van der Waals surface area contributed by atoms with E-state index in [1.54, 1.807) is 0 Å². The number of nitrogens with zero attached hydrogens (tertiary/aromatic N) is 3. The van der Waals surface area contributed by atoms with E-state index in [1.165, 1.54) is 16.3 Å². The van der Waals surface area contributed by atoms with Gasteiger partial charge < -0.3 is 4.52 Å². The minimum absolute atomic E-state index is 0.0847. The van der Waals surface area contributed by atoms with Gasteiger partial charge in [0.1, 0.15) is 0 Å². The molecule has 0 aliphatic rings. The van der Waals surface area contributed by atoms with E-state index in [2.05, 4.69) is 85.3 Å². The lowest BCUT2D eigenvalue weighted by Crippen LogP contribution is -2.22. The summed E-state index contributed by atoms with van der Waals surface area (Å²) in [6.45, 7) is 7.07. The Labute approximate surface area is 137 Å². The Hall–Kier alpha value is -2.20. The van der Waals surface area contributed by atoms with Gasteiger partial charge in [-0.15, -0.1) is 0 Å². The van der Waals surface area contributed by atoms with Gasteiger partial charge in [-0.25, -0.2) is 0 Å². The summed E-state index contributed by atoms with van der Waals surface area (Å²) in [4.78, 5) is 6.73. The highest BCUT2D eigenvalue weighted by atomic mass is 16.5. The zero-order valence-corrected chi connectivity index (χ0v) is 14.2. The molecule has 2 aromatic carbocycles. The summed E-state index contributed by atoms with van der Waals surface area (Å²) < 4.78 is 5.41. The fourth-order valence-electron chi connectivity index (χ4n) is 2.60. The van der Waals surface area contributed by atoms with Crippen molar-refractivity contribution in [3.63, 3.8) is 0 Å². The Kier molecular flexibility index (Phi) is 4.44. The zero-order chi connectivity index (χ0) is 16.4. The normalized spacial score (nSPS) is 13.1. The SMILES string of the molecule is CC(C)c1noc([C@H](C)N(C)Cc2ccc3ccccc3c2)n1. The molecule has 0 spiro atoms. The molecule has 0 saturated carbocycles. The van der Waals surface area contributed by atoms with Crippen LogP contribution in [0.1, 0.15) is 50.0 Å². The minimum Gasteiger partial charge on any atom is -0.338 e. The van der Waals surface area contributed by atoms with Crippen LogP contribution in [-0.2, 0) is 6.54 Å². The van der Waals surface area contributed by atoms with E-state index in [0.717, 1.165) is 12.4 Å². The first-order valence-corrected chi connectivity index (χ1v) is 8.06. The van der Waals surface area contributed by atoms with E-state index in [4.69, 9.17) is 4.52 Å². The van der Waals surface area contributed by atoms with Crippen LogP contribution < -0.4 is 0 Å². The third-order valence-corrected chi connectivity index (χ3v) is 4.24. The first kappa shape index (κ1) is 15.7. The van der Waals surface area contributed by atoms with Crippen LogP contribution in [0.25, 0.3) is 10.8 Å². The predicted molar refractivity (Wildman–Crippen MR) is 92.2 cm³/mol. The molecule has 0 amide bonds. The third-order valence-electron chi connectivity index (χ3n) is 4.24. The molecule has 0 fully saturated rings. The molecule has 120 valence electrons. The first-order chi connectivity index (χ1) is 11.0. The molecule has 4 nitrogen and oxygen atoms in total. The van der Waals surface area contributed by atoms with Gasteiger partial charge in [0.2, 0.25) is 5.89 Å². The summed E-state index contributed by atoms with van der Waals surface area (Å²) >= 11 is 0. The summed E-state index contributed by atoms with van der Waals surface area (Å²) in [6.07, 6.45) is 0. The summed E-state index contributed by atoms with van der Waals surface area (Å²) in [5.41, 5.74) is 1.28. The average molecular weight is 309 g/mol.